The molecule has 1 atom stereocenters. The van der Waals surface area contributed by atoms with Crippen molar-refractivity contribution in [3.05, 3.63) is 70.8 Å². The van der Waals surface area contributed by atoms with Gasteiger partial charge in [-0.2, -0.15) is 13.2 Å². The minimum absolute atomic E-state index is 0.130. The number of nitrogens with zero attached hydrogens (tertiary/aromatic N) is 1. The molecule has 0 heterocycles. The molecule has 0 bridgehead atoms. The van der Waals surface area contributed by atoms with Crippen LogP contribution in [0.4, 0.5) is 23.2 Å². The Morgan fingerprint density at radius 2 is 1.72 bits per heavy atom. The number of carbonyl (C=O) groups is 1. The van der Waals surface area contributed by atoms with E-state index in [1.165, 1.54) is 0 Å². The molecule has 0 aliphatic heterocycles. The van der Waals surface area contributed by atoms with Crippen LogP contribution in [-0.2, 0) is 27.2 Å². The summed E-state index contributed by atoms with van der Waals surface area (Å²) in [4.78, 5) is 14.9. The molecule has 0 fully saturated rings. The van der Waals surface area contributed by atoms with Gasteiger partial charge in [0, 0.05) is 6.42 Å². The molecular formula is C19H15F4NO4S. The van der Waals surface area contributed by atoms with Crippen LogP contribution in [0, 0.1) is 12.4 Å². The van der Waals surface area contributed by atoms with Gasteiger partial charge in [0.25, 0.3) is 0 Å². The van der Waals surface area contributed by atoms with Gasteiger partial charge in [0.1, 0.15) is 11.4 Å². The number of hydrogen-bond donors (Lipinski definition) is 1. The van der Waals surface area contributed by atoms with Gasteiger partial charge in [0.2, 0.25) is 0 Å². The van der Waals surface area contributed by atoms with E-state index in [1.807, 2.05) is 0 Å². The van der Waals surface area contributed by atoms with E-state index in [1.54, 1.807) is 0 Å². The minimum atomic E-state index is -4.81. The first-order chi connectivity index (χ1) is 13.3. The smallest absolute Gasteiger partial charge is 0.381 e. The van der Waals surface area contributed by atoms with Gasteiger partial charge in [0.05, 0.1) is 22.8 Å². The van der Waals surface area contributed by atoms with Crippen LogP contribution in [0.5, 0.6) is 0 Å². The van der Waals surface area contributed by atoms with Crippen molar-refractivity contribution in [2.45, 2.75) is 30.0 Å². The lowest BCUT2D eigenvalue weighted by Crippen LogP contribution is -2.43. The number of sulfone groups is 1. The molecular weight excluding hydrogens is 414 g/mol. The molecule has 0 amide bonds. The van der Waals surface area contributed by atoms with Crippen molar-refractivity contribution in [3.8, 4) is 0 Å². The molecule has 0 aliphatic rings. The lowest BCUT2D eigenvalue weighted by atomic mass is 9.95. The molecule has 10 heteroatoms. The van der Waals surface area contributed by atoms with Crippen molar-refractivity contribution in [1.82, 2.24) is 0 Å². The van der Waals surface area contributed by atoms with Crippen LogP contribution in [0.1, 0.15) is 18.1 Å². The molecule has 0 unspecified atom stereocenters. The summed E-state index contributed by atoms with van der Waals surface area (Å²) in [7, 11) is -4.17. The van der Waals surface area contributed by atoms with Gasteiger partial charge in [-0.25, -0.2) is 17.7 Å². The Morgan fingerprint density at radius 1 is 1.14 bits per heavy atom. The average Bonchev–Trinajstić information content (AvgIpc) is 2.60. The number of halogens is 4. The minimum Gasteiger partial charge on any atom is -0.381 e. The van der Waals surface area contributed by atoms with Crippen LogP contribution in [0.2, 0.25) is 0 Å². The number of alkyl halides is 3. The monoisotopic (exact) mass is 429 g/mol. The second-order valence-electron chi connectivity index (χ2n) is 6.55. The number of hydrogen-bond acceptors (Lipinski definition) is 4. The molecule has 0 spiro atoms. The highest BCUT2D eigenvalue weighted by Gasteiger charge is 2.37. The summed E-state index contributed by atoms with van der Waals surface area (Å²) in [6, 6.07) is 6.42. The summed E-state index contributed by atoms with van der Waals surface area (Å²) in [6.45, 7) is 7.74. The fourth-order valence-electron chi connectivity index (χ4n) is 2.57. The van der Waals surface area contributed by atoms with Crippen LogP contribution in [-0.4, -0.2) is 30.7 Å². The van der Waals surface area contributed by atoms with Gasteiger partial charge >= 0.3 is 6.18 Å². The zero-order valence-corrected chi connectivity index (χ0v) is 15.8. The van der Waals surface area contributed by atoms with Gasteiger partial charge in [-0.15, -0.1) is 0 Å². The van der Waals surface area contributed by atoms with E-state index in [9.17, 15) is 35.9 Å². The number of ketones is 1. The summed E-state index contributed by atoms with van der Waals surface area (Å²) in [6.07, 6.45) is -5.49. The topological polar surface area (TPSA) is 75.8 Å². The number of Topliss-reactive ketones (excluding diaryl/α,β-unsaturated/α-hetero) is 1. The molecule has 2 aromatic rings. The first kappa shape index (κ1) is 22.5. The number of aliphatic hydroxyl groups is 1. The maximum Gasteiger partial charge on any atom is 0.407 e. The zero-order chi connectivity index (χ0) is 22.0. The van der Waals surface area contributed by atoms with Crippen LogP contribution in [0.15, 0.2) is 47.4 Å². The molecule has 0 saturated heterocycles. The Kier molecular flexibility index (Phi) is 6.15. The molecule has 2 rings (SSSR count). The first-order valence-corrected chi connectivity index (χ1v) is 9.73. The van der Waals surface area contributed by atoms with Crippen LogP contribution >= 0.6 is 0 Å². The van der Waals surface area contributed by atoms with E-state index < -0.39 is 56.6 Å². The number of carbonyl (C=O) groups excluding carboxylic acids is 1. The van der Waals surface area contributed by atoms with E-state index in [0.717, 1.165) is 43.3 Å². The highest BCUT2D eigenvalue weighted by Crippen LogP contribution is 2.37. The maximum atomic E-state index is 13.0. The molecule has 0 aromatic heterocycles. The maximum absolute atomic E-state index is 13.0. The van der Waals surface area contributed by atoms with Crippen molar-refractivity contribution in [3.63, 3.8) is 0 Å². The largest absolute Gasteiger partial charge is 0.407 e. The van der Waals surface area contributed by atoms with E-state index in [2.05, 4.69) is 4.85 Å². The third-order valence-corrected chi connectivity index (χ3v) is 6.03. The van der Waals surface area contributed by atoms with Crippen molar-refractivity contribution >= 4 is 21.3 Å². The first-order valence-electron chi connectivity index (χ1n) is 8.08. The van der Waals surface area contributed by atoms with Crippen molar-refractivity contribution in [2.24, 2.45) is 0 Å². The molecule has 29 heavy (non-hydrogen) atoms. The summed E-state index contributed by atoms with van der Waals surface area (Å²) >= 11 is 0. The van der Waals surface area contributed by atoms with Gasteiger partial charge < -0.3 is 5.11 Å². The van der Waals surface area contributed by atoms with Crippen LogP contribution < -0.4 is 0 Å². The van der Waals surface area contributed by atoms with Crippen LogP contribution in [0.3, 0.4) is 0 Å². The van der Waals surface area contributed by atoms with Crippen LogP contribution in [0.25, 0.3) is 4.85 Å². The molecule has 154 valence electrons. The quantitative estimate of drug-likeness (QED) is 0.431. The van der Waals surface area contributed by atoms with Crippen molar-refractivity contribution < 1.29 is 35.9 Å². The lowest BCUT2D eigenvalue weighted by Gasteiger charge is -2.22. The standard InChI is InChI=1S/C19H15F4NO4S/c1-18(26,11-29(27,28)14-6-4-13(20)5-7-14)17(25)10-12-3-8-16(24-2)15(9-12)19(21,22)23/h3-9,26H,10-11H2,1H3/t18-/m0/s1. The Labute approximate surface area is 164 Å². The Bertz CT molecular complexity index is 1070. The highest BCUT2D eigenvalue weighted by molar-refractivity contribution is 7.91. The molecule has 0 aliphatic carbocycles. The second kappa shape index (κ2) is 7.93. The van der Waals surface area contributed by atoms with Gasteiger partial charge in [-0.1, -0.05) is 18.2 Å². The predicted molar refractivity (Wildman–Crippen MR) is 95.5 cm³/mol. The molecule has 0 saturated carbocycles. The SMILES string of the molecule is [C-]#[N+]c1ccc(CC(=O)[C@@](C)(O)CS(=O)(=O)c2ccc(F)cc2)cc1C(F)(F)F. The van der Waals surface area contributed by atoms with Crippen molar-refractivity contribution in [2.75, 3.05) is 5.75 Å². The third-order valence-electron chi connectivity index (χ3n) is 4.10. The Balaban J connectivity index is 2.25. The number of benzene rings is 2. The fourth-order valence-corrected chi connectivity index (χ4v) is 4.19. The average molecular weight is 429 g/mol. The van der Waals surface area contributed by atoms with Crippen molar-refractivity contribution in [1.29, 1.82) is 0 Å². The Morgan fingerprint density at radius 3 is 2.24 bits per heavy atom. The van der Waals surface area contributed by atoms with Gasteiger partial charge in [-0.3, -0.25) is 4.79 Å². The van der Waals surface area contributed by atoms with Gasteiger partial charge in [-0.05, 0) is 36.8 Å². The predicted octanol–water partition coefficient (Wildman–Crippen LogP) is 3.73. The van der Waals surface area contributed by atoms with Gasteiger partial charge in [0.15, 0.2) is 21.3 Å². The van der Waals surface area contributed by atoms with E-state index in [4.69, 9.17) is 6.57 Å². The molecule has 1 N–H and O–H groups in total. The normalized spacial score (nSPS) is 14.1. The van der Waals surface area contributed by atoms with E-state index in [-0.39, 0.29) is 10.5 Å². The number of rotatable bonds is 6. The van der Waals surface area contributed by atoms with E-state index in [0.29, 0.717) is 6.07 Å². The Hall–Kier alpha value is -2.77. The lowest BCUT2D eigenvalue weighted by molar-refractivity contribution is -0.137. The summed E-state index contributed by atoms with van der Waals surface area (Å²) in [5, 5.41) is 10.4. The molecule has 5 nitrogen and oxygen atoms in total. The summed E-state index contributed by atoms with van der Waals surface area (Å²) in [5.74, 6) is -2.72. The molecule has 2 aromatic carbocycles. The van der Waals surface area contributed by atoms with E-state index >= 15 is 0 Å². The molecule has 0 radical (unpaired) electrons. The summed E-state index contributed by atoms with van der Waals surface area (Å²) < 4.78 is 76.8. The fraction of sp³-hybridized carbons (Fsp3) is 0.263. The third kappa shape index (κ3) is 5.40. The zero-order valence-electron chi connectivity index (χ0n) is 15.0. The highest BCUT2D eigenvalue weighted by atomic mass is 32.2. The summed E-state index contributed by atoms with van der Waals surface area (Å²) in [5.41, 5.74) is -4.39. The second-order valence-corrected chi connectivity index (χ2v) is 8.54.